The summed E-state index contributed by atoms with van der Waals surface area (Å²) >= 11 is 0. The first kappa shape index (κ1) is 7.92. The van der Waals surface area contributed by atoms with E-state index in [1.807, 2.05) is 0 Å². The van der Waals surface area contributed by atoms with Gasteiger partial charge in [-0.3, -0.25) is 0 Å². The van der Waals surface area contributed by atoms with Crippen molar-refractivity contribution in [1.29, 1.82) is 0 Å². The van der Waals surface area contributed by atoms with Crippen molar-refractivity contribution >= 4 is 0 Å². The molecule has 0 unspecified atom stereocenters. The van der Waals surface area contributed by atoms with Gasteiger partial charge in [-0.15, -0.1) is 0 Å². The van der Waals surface area contributed by atoms with Crippen molar-refractivity contribution in [2.24, 2.45) is 17.4 Å². The highest BCUT2D eigenvalue weighted by molar-refractivity contribution is 4.60. The van der Waals surface area contributed by atoms with Crippen LogP contribution in [0.15, 0.2) is 0 Å². The average Bonchev–Trinajstić information content (AvgIpc) is 1.83. The van der Waals surface area contributed by atoms with E-state index in [0.29, 0.717) is 19.0 Å². The number of nitrogens with two attached hydrogens (primary N) is 2. The van der Waals surface area contributed by atoms with Gasteiger partial charge < -0.3 is 11.5 Å². The lowest BCUT2D eigenvalue weighted by Gasteiger charge is -2.08. The summed E-state index contributed by atoms with van der Waals surface area (Å²) in [5, 5.41) is 0. The molecule has 0 saturated carbocycles. The van der Waals surface area contributed by atoms with Gasteiger partial charge >= 0.3 is 0 Å². The lowest BCUT2D eigenvalue weighted by atomic mass is 10.1. The Bertz CT molecular complexity index is 41.8. The third-order valence-electron chi connectivity index (χ3n) is 1.28. The molecule has 0 heterocycles. The fraction of sp³-hybridized carbons (Fsp3) is 0.833. The quantitative estimate of drug-likeness (QED) is 0.547. The molecule has 0 saturated heterocycles. The normalized spacial score (nSPS) is 10.5. The van der Waals surface area contributed by atoms with E-state index in [-0.39, 0.29) is 0 Å². The minimum Gasteiger partial charge on any atom is -0.330 e. The highest BCUT2D eigenvalue weighted by Crippen LogP contribution is 1.99. The maximum Gasteiger partial charge on any atom is -0.00368 e. The molecule has 0 fully saturated rings. The van der Waals surface area contributed by atoms with Gasteiger partial charge in [0.25, 0.3) is 0 Å². The summed E-state index contributed by atoms with van der Waals surface area (Å²) in [6.07, 6.45) is 2.01. The van der Waals surface area contributed by atoms with E-state index in [0.717, 1.165) is 12.8 Å². The Morgan fingerprint density at radius 1 is 1.25 bits per heavy atom. The minimum absolute atomic E-state index is 0.493. The van der Waals surface area contributed by atoms with Crippen LogP contribution in [0.1, 0.15) is 12.8 Å². The van der Waals surface area contributed by atoms with Gasteiger partial charge in [-0.25, -0.2) is 0 Å². The molecule has 0 spiro atoms. The fourth-order valence-electron chi connectivity index (χ4n) is 0.621. The van der Waals surface area contributed by atoms with Gasteiger partial charge in [0, 0.05) is 0 Å². The molecule has 1 radical (unpaired) electrons. The highest BCUT2D eigenvalue weighted by Gasteiger charge is 1.99. The van der Waals surface area contributed by atoms with E-state index >= 15 is 0 Å². The van der Waals surface area contributed by atoms with Gasteiger partial charge in [0.15, 0.2) is 0 Å². The van der Waals surface area contributed by atoms with E-state index in [2.05, 4.69) is 6.92 Å². The SMILES string of the molecule is [CH2]CCC(CN)CN. The molecular formula is C6H15N2. The number of hydrogen-bond donors (Lipinski definition) is 2. The van der Waals surface area contributed by atoms with Crippen molar-refractivity contribution < 1.29 is 0 Å². The van der Waals surface area contributed by atoms with E-state index in [4.69, 9.17) is 11.5 Å². The van der Waals surface area contributed by atoms with Crippen molar-refractivity contribution in [2.75, 3.05) is 13.1 Å². The molecule has 0 rings (SSSR count). The Labute approximate surface area is 51.2 Å². The molecule has 0 aliphatic heterocycles. The zero-order valence-electron chi connectivity index (χ0n) is 5.27. The Kier molecular flexibility index (Phi) is 5.01. The Balaban J connectivity index is 3.07. The fourth-order valence-corrected chi connectivity index (χ4v) is 0.621. The molecule has 0 aliphatic rings. The first-order valence-electron chi connectivity index (χ1n) is 3.04. The molecule has 8 heavy (non-hydrogen) atoms. The Morgan fingerprint density at radius 2 is 1.75 bits per heavy atom. The third kappa shape index (κ3) is 2.99. The smallest absolute Gasteiger partial charge is 0.00368 e. The topological polar surface area (TPSA) is 52.0 Å². The van der Waals surface area contributed by atoms with Crippen LogP contribution in [-0.2, 0) is 0 Å². The highest BCUT2D eigenvalue weighted by atomic mass is 14.6. The second-order valence-corrected chi connectivity index (χ2v) is 1.98. The summed E-state index contributed by atoms with van der Waals surface area (Å²) < 4.78 is 0. The zero-order valence-corrected chi connectivity index (χ0v) is 5.27. The van der Waals surface area contributed by atoms with E-state index in [1.54, 1.807) is 0 Å². The zero-order chi connectivity index (χ0) is 6.41. The molecule has 0 aliphatic carbocycles. The predicted molar refractivity (Wildman–Crippen MR) is 36.2 cm³/mol. The van der Waals surface area contributed by atoms with Crippen LogP contribution in [0.4, 0.5) is 0 Å². The van der Waals surface area contributed by atoms with Crippen LogP contribution in [-0.4, -0.2) is 13.1 Å². The van der Waals surface area contributed by atoms with E-state index in [9.17, 15) is 0 Å². The lowest BCUT2D eigenvalue weighted by Crippen LogP contribution is -2.22. The summed E-state index contributed by atoms with van der Waals surface area (Å²) in [4.78, 5) is 0. The van der Waals surface area contributed by atoms with Gasteiger partial charge in [-0.1, -0.05) is 13.3 Å². The molecule has 49 valence electrons. The molecular weight excluding hydrogens is 100 g/mol. The summed E-state index contributed by atoms with van der Waals surface area (Å²) in [6.45, 7) is 5.11. The van der Waals surface area contributed by atoms with Crippen LogP contribution in [0.2, 0.25) is 0 Å². The molecule has 0 bridgehead atoms. The minimum atomic E-state index is 0.493. The second kappa shape index (κ2) is 5.06. The van der Waals surface area contributed by atoms with Crippen LogP contribution in [0, 0.1) is 12.8 Å². The maximum atomic E-state index is 5.36. The molecule has 0 aromatic rings. The van der Waals surface area contributed by atoms with Gasteiger partial charge in [-0.2, -0.15) is 0 Å². The van der Waals surface area contributed by atoms with Crippen LogP contribution in [0.3, 0.4) is 0 Å². The summed E-state index contributed by atoms with van der Waals surface area (Å²) in [7, 11) is 0. The van der Waals surface area contributed by atoms with Crippen molar-refractivity contribution in [1.82, 2.24) is 0 Å². The van der Waals surface area contributed by atoms with Crippen LogP contribution in [0.5, 0.6) is 0 Å². The number of rotatable bonds is 4. The molecule has 0 atom stereocenters. The van der Waals surface area contributed by atoms with Gasteiger partial charge in [-0.05, 0) is 25.4 Å². The molecule has 0 amide bonds. The van der Waals surface area contributed by atoms with Crippen molar-refractivity contribution in [2.45, 2.75) is 12.8 Å². The van der Waals surface area contributed by atoms with Crippen LogP contribution < -0.4 is 11.5 Å². The van der Waals surface area contributed by atoms with Crippen molar-refractivity contribution in [3.63, 3.8) is 0 Å². The third-order valence-corrected chi connectivity index (χ3v) is 1.28. The Morgan fingerprint density at radius 3 is 1.88 bits per heavy atom. The van der Waals surface area contributed by atoms with Crippen molar-refractivity contribution in [3.05, 3.63) is 6.92 Å². The lowest BCUT2D eigenvalue weighted by molar-refractivity contribution is 0.512. The van der Waals surface area contributed by atoms with Crippen LogP contribution >= 0.6 is 0 Å². The molecule has 2 heteroatoms. The second-order valence-electron chi connectivity index (χ2n) is 1.98. The monoisotopic (exact) mass is 115 g/mol. The molecule has 0 aromatic carbocycles. The van der Waals surface area contributed by atoms with Crippen molar-refractivity contribution in [3.8, 4) is 0 Å². The summed E-state index contributed by atoms with van der Waals surface area (Å²) in [5.74, 6) is 0.493. The first-order chi connectivity index (χ1) is 3.85. The largest absolute Gasteiger partial charge is 0.330 e. The number of hydrogen-bond acceptors (Lipinski definition) is 2. The summed E-state index contributed by atoms with van der Waals surface area (Å²) in [6, 6.07) is 0. The predicted octanol–water partition coefficient (Wildman–Crippen LogP) is 0.134. The van der Waals surface area contributed by atoms with Gasteiger partial charge in [0.05, 0.1) is 0 Å². The van der Waals surface area contributed by atoms with Gasteiger partial charge in [0.1, 0.15) is 0 Å². The first-order valence-corrected chi connectivity index (χ1v) is 3.04. The standard InChI is InChI=1S/C6H15N2/c1-2-3-6(4-7)5-8/h6H,1-5,7-8H2. The van der Waals surface area contributed by atoms with E-state index in [1.165, 1.54) is 0 Å². The average molecular weight is 115 g/mol. The molecule has 0 aromatic heterocycles. The van der Waals surface area contributed by atoms with Crippen LogP contribution in [0.25, 0.3) is 0 Å². The summed E-state index contributed by atoms with van der Waals surface area (Å²) in [5.41, 5.74) is 10.7. The maximum absolute atomic E-state index is 5.36. The molecule has 4 N–H and O–H groups in total. The molecule has 2 nitrogen and oxygen atoms in total. The van der Waals surface area contributed by atoms with Gasteiger partial charge in [0.2, 0.25) is 0 Å². The van der Waals surface area contributed by atoms with E-state index < -0.39 is 0 Å². The Hall–Kier alpha value is -0.0800.